The standard InChI is InChI=1S/C10H13N3O2S/c1-7(2)15-10(14)13-9-12-6-8(16-9)4-3-5-11/h6-7H,5,11H2,1-2H3,(H,12,13,14). The predicted octanol–water partition coefficient (Wildman–Crippen LogP) is 1.41. The maximum absolute atomic E-state index is 11.2. The minimum atomic E-state index is -0.511. The number of nitrogens with one attached hydrogen (secondary N) is 1. The van der Waals surface area contributed by atoms with Gasteiger partial charge in [0.15, 0.2) is 5.13 Å². The number of ether oxygens (including phenoxy) is 1. The molecule has 5 nitrogen and oxygen atoms in total. The molecule has 0 bridgehead atoms. The minimum Gasteiger partial charge on any atom is -0.447 e. The number of carbonyl (C=O) groups is 1. The molecule has 86 valence electrons. The van der Waals surface area contributed by atoms with E-state index in [9.17, 15) is 4.79 Å². The van der Waals surface area contributed by atoms with Crippen LogP contribution in [0.25, 0.3) is 0 Å². The molecule has 3 N–H and O–H groups in total. The van der Waals surface area contributed by atoms with Gasteiger partial charge >= 0.3 is 6.09 Å². The van der Waals surface area contributed by atoms with Crippen LogP contribution in [0.5, 0.6) is 0 Å². The van der Waals surface area contributed by atoms with Crippen LogP contribution in [0.2, 0.25) is 0 Å². The predicted molar refractivity (Wildman–Crippen MR) is 63.3 cm³/mol. The normalized spacial score (nSPS) is 9.50. The Morgan fingerprint density at radius 1 is 1.75 bits per heavy atom. The van der Waals surface area contributed by atoms with E-state index in [1.54, 1.807) is 20.0 Å². The first-order valence-corrected chi connectivity index (χ1v) is 5.56. The Labute approximate surface area is 98.0 Å². The van der Waals surface area contributed by atoms with Crippen molar-refractivity contribution < 1.29 is 9.53 Å². The van der Waals surface area contributed by atoms with E-state index in [-0.39, 0.29) is 6.10 Å². The fourth-order valence-electron chi connectivity index (χ4n) is 0.859. The molecule has 0 fully saturated rings. The number of nitrogens with zero attached hydrogens (tertiary/aromatic N) is 1. The number of rotatable bonds is 2. The summed E-state index contributed by atoms with van der Waals surface area (Å²) in [7, 11) is 0. The van der Waals surface area contributed by atoms with Gasteiger partial charge in [-0.2, -0.15) is 0 Å². The Kier molecular flexibility index (Phi) is 4.76. The molecule has 16 heavy (non-hydrogen) atoms. The fraction of sp³-hybridized carbons (Fsp3) is 0.400. The van der Waals surface area contributed by atoms with Crippen LogP contribution in [-0.2, 0) is 4.74 Å². The SMILES string of the molecule is CC(C)OC(=O)Nc1ncc(C#CCN)s1. The molecule has 0 aliphatic carbocycles. The topological polar surface area (TPSA) is 77.2 Å². The van der Waals surface area contributed by atoms with Crippen molar-refractivity contribution in [1.82, 2.24) is 4.98 Å². The molecule has 6 heteroatoms. The third-order valence-electron chi connectivity index (χ3n) is 1.37. The molecule has 0 unspecified atom stereocenters. The quantitative estimate of drug-likeness (QED) is 0.765. The Bertz CT molecular complexity index is 417. The maximum atomic E-state index is 11.2. The average molecular weight is 239 g/mol. The number of aromatic nitrogens is 1. The molecule has 0 atom stereocenters. The summed E-state index contributed by atoms with van der Waals surface area (Å²) >= 11 is 1.28. The molecule has 0 aromatic carbocycles. The van der Waals surface area contributed by atoms with E-state index < -0.39 is 6.09 Å². The maximum Gasteiger partial charge on any atom is 0.413 e. The molecular formula is C10H13N3O2S. The third kappa shape index (κ3) is 4.29. The Hall–Kier alpha value is -1.58. The summed E-state index contributed by atoms with van der Waals surface area (Å²) in [5.41, 5.74) is 5.24. The second-order valence-electron chi connectivity index (χ2n) is 3.11. The van der Waals surface area contributed by atoms with Crippen molar-refractivity contribution >= 4 is 22.6 Å². The van der Waals surface area contributed by atoms with Crippen molar-refractivity contribution in [3.8, 4) is 11.8 Å². The fourth-order valence-corrected chi connectivity index (χ4v) is 1.54. The lowest BCUT2D eigenvalue weighted by atomic mass is 10.5. The van der Waals surface area contributed by atoms with E-state index in [1.165, 1.54) is 11.3 Å². The van der Waals surface area contributed by atoms with E-state index in [1.807, 2.05) is 0 Å². The molecule has 1 rings (SSSR count). The zero-order valence-corrected chi connectivity index (χ0v) is 9.93. The van der Waals surface area contributed by atoms with Crippen molar-refractivity contribution in [2.24, 2.45) is 5.73 Å². The molecule has 0 spiro atoms. The van der Waals surface area contributed by atoms with E-state index in [2.05, 4.69) is 22.1 Å². The minimum absolute atomic E-state index is 0.156. The summed E-state index contributed by atoms with van der Waals surface area (Å²) in [5, 5.41) is 2.98. The van der Waals surface area contributed by atoms with Crippen molar-refractivity contribution in [3.05, 3.63) is 11.1 Å². The first-order chi connectivity index (χ1) is 7.61. The van der Waals surface area contributed by atoms with Gasteiger partial charge in [0.25, 0.3) is 0 Å². The summed E-state index contributed by atoms with van der Waals surface area (Å²) < 4.78 is 4.91. The lowest BCUT2D eigenvalue weighted by molar-refractivity contribution is 0.130. The van der Waals surface area contributed by atoms with Crippen molar-refractivity contribution in [1.29, 1.82) is 0 Å². The van der Waals surface area contributed by atoms with Gasteiger partial charge in [-0.15, -0.1) is 0 Å². The highest BCUT2D eigenvalue weighted by Crippen LogP contribution is 2.17. The molecule has 0 aliphatic heterocycles. The average Bonchev–Trinajstić information content (AvgIpc) is 2.61. The van der Waals surface area contributed by atoms with Gasteiger partial charge in [-0.1, -0.05) is 23.2 Å². The van der Waals surface area contributed by atoms with Crippen LogP contribution >= 0.6 is 11.3 Å². The van der Waals surface area contributed by atoms with Gasteiger partial charge in [0.1, 0.15) is 0 Å². The summed E-state index contributed by atoms with van der Waals surface area (Å²) in [6.07, 6.45) is 0.914. The van der Waals surface area contributed by atoms with Crippen molar-refractivity contribution in [2.45, 2.75) is 20.0 Å². The lowest BCUT2D eigenvalue weighted by Gasteiger charge is -2.06. The van der Waals surface area contributed by atoms with Gasteiger partial charge in [-0.3, -0.25) is 5.32 Å². The molecule has 1 amide bonds. The Balaban J connectivity index is 2.55. The summed E-state index contributed by atoms with van der Waals surface area (Å²) in [5.74, 6) is 5.54. The van der Waals surface area contributed by atoms with Crippen molar-refractivity contribution in [3.63, 3.8) is 0 Å². The third-order valence-corrected chi connectivity index (χ3v) is 2.20. The number of carbonyl (C=O) groups excluding carboxylic acids is 1. The lowest BCUT2D eigenvalue weighted by Crippen LogP contribution is -2.17. The van der Waals surface area contributed by atoms with Crippen LogP contribution in [0, 0.1) is 11.8 Å². The number of thiazole rings is 1. The summed E-state index contributed by atoms with van der Waals surface area (Å²) in [6.45, 7) is 3.86. The van der Waals surface area contributed by atoms with Gasteiger partial charge in [0, 0.05) is 0 Å². The van der Waals surface area contributed by atoms with Crippen LogP contribution in [-0.4, -0.2) is 23.7 Å². The Morgan fingerprint density at radius 3 is 3.12 bits per heavy atom. The molecule has 0 saturated heterocycles. The number of amides is 1. The molecule has 0 radical (unpaired) electrons. The highest BCUT2D eigenvalue weighted by atomic mass is 32.1. The van der Waals surface area contributed by atoms with Crippen LogP contribution in [0.1, 0.15) is 18.7 Å². The largest absolute Gasteiger partial charge is 0.447 e. The van der Waals surface area contributed by atoms with Crippen LogP contribution in [0.3, 0.4) is 0 Å². The zero-order chi connectivity index (χ0) is 12.0. The smallest absolute Gasteiger partial charge is 0.413 e. The second-order valence-corrected chi connectivity index (χ2v) is 4.15. The van der Waals surface area contributed by atoms with Gasteiger partial charge in [0.05, 0.1) is 23.7 Å². The van der Waals surface area contributed by atoms with Gasteiger partial charge < -0.3 is 10.5 Å². The monoisotopic (exact) mass is 239 g/mol. The van der Waals surface area contributed by atoms with E-state index in [4.69, 9.17) is 10.5 Å². The highest BCUT2D eigenvalue weighted by molar-refractivity contribution is 7.16. The van der Waals surface area contributed by atoms with E-state index in [0.717, 1.165) is 4.88 Å². The van der Waals surface area contributed by atoms with Crippen molar-refractivity contribution in [2.75, 3.05) is 11.9 Å². The van der Waals surface area contributed by atoms with Gasteiger partial charge in [-0.05, 0) is 13.8 Å². The highest BCUT2D eigenvalue weighted by Gasteiger charge is 2.07. The van der Waals surface area contributed by atoms with Crippen LogP contribution in [0.15, 0.2) is 6.20 Å². The van der Waals surface area contributed by atoms with E-state index in [0.29, 0.717) is 11.7 Å². The number of hydrogen-bond donors (Lipinski definition) is 2. The van der Waals surface area contributed by atoms with Gasteiger partial charge in [-0.25, -0.2) is 9.78 Å². The first-order valence-electron chi connectivity index (χ1n) is 4.74. The van der Waals surface area contributed by atoms with Crippen LogP contribution < -0.4 is 11.1 Å². The van der Waals surface area contributed by atoms with E-state index >= 15 is 0 Å². The molecule has 0 aliphatic rings. The van der Waals surface area contributed by atoms with Crippen LogP contribution in [0.4, 0.5) is 9.93 Å². The molecule has 1 heterocycles. The summed E-state index contributed by atoms with van der Waals surface area (Å²) in [4.78, 5) is 16.0. The molecule has 0 saturated carbocycles. The summed E-state index contributed by atoms with van der Waals surface area (Å²) in [6, 6.07) is 0. The molecule has 1 aromatic rings. The molecular weight excluding hydrogens is 226 g/mol. The zero-order valence-electron chi connectivity index (χ0n) is 9.11. The first kappa shape index (κ1) is 12.5. The molecule has 1 aromatic heterocycles. The second kappa shape index (κ2) is 6.10. The number of nitrogens with two attached hydrogens (primary N) is 1. The Morgan fingerprint density at radius 2 is 2.50 bits per heavy atom. The number of anilines is 1. The van der Waals surface area contributed by atoms with Gasteiger partial charge in [0.2, 0.25) is 0 Å². The number of hydrogen-bond acceptors (Lipinski definition) is 5.